The molecule has 0 unspecified atom stereocenters. The number of rotatable bonds is 2. The van der Waals surface area contributed by atoms with Crippen LogP contribution in [0.15, 0.2) is 24.5 Å². The van der Waals surface area contributed by atoms with Gasteiger partial charge in [-0.05, 0) is 12.1 Å². The molecule has 1 saturated heterocycles. The lowest BCUT2D eigenvalue weighted by atomic mass is 10.1. The summed E-state index contributed by atoms with van der Waals surface area (Å²) >= 11 is 0. The molecule has 2 aromatic rings. The van der Waals surface area contributed by atoms with Crippen molar-refractivity contribution < 1.29 is 18.4 Å². The lowest BCUT2D eigenvalue weighted by Gasteiger charge is -2.31. The number of hydrogen-bond donors (Lipinski definition) is 0. The Kier molecular flexibility index (Phi) is 4.60. The van der Waals surface area contributed by atoms with Gasteiger partial charge in [-0.2, -0.15) is 5.10 Å². The summed E-state index contributed by atoms with van der Waals surface area (Å²) < 4.78 is 28.3. The van der Waals surface area contributed by atoms with Crippen LogP contribution >= 0.6 is 0 Å². The SMILES string of the molecule is CC(=O)N1CCc2c(cnn2-c2ccc(C(=O)N3CCC(F)(F)CC3)cn2)C1. The average Bonchev–Trinajstić information content (AvgIpc) is 3.11. The topological polar surface area (TPSA) is 71.3 Å². The molecule has 7 nitrogen and oxygen atoms in total. The Bertz CT molecular complexity index is 900. The third kappa shape index (κ3) is 3.48. The van der Waals surface area contributed by atoms with Crippen LogP contribution in [0.25, 0.3) is 5.82 Å². The molecule has 4 heterocycles. The molecule has 2 amide bonds. The van der Waals surface area contributed by atoms with Crippen LogP contribution in [0, 0.1) is 0 Å². The normalized spacial score (nSPS) is 18.7. The second-order valence-corrected chi connectivity index (χ2v) is 7.27. The molecule has 0 N–H and O–H groups in total. The number of nitrogens with zero attached hydrogens (tertiary/aromatic N) is 5. The predicted octanol–water partition coefficient (Wildman–Crippen LogP) is 2.04. The second-order valence-electron chi connectivity index (χ2n) is 7.27. The van der Waals surface area contributed by atoms with Crippen molar-refractivity contribution in [1.82, 2.24) is 24.6 Å². The third-order valence-corrected chi connectivity index (χ3v) is 5.37. The van der Waals surface area contributed by atoms with Gasteiger partial charge in [0.05, 0.1) is 17.5 Å². The number of amides is 2. The minimum absolute atomic E-state index is 0.0369. The van der Waals surface area contributed by atoms with Gasteiger partial charge in [-0.25, -0.2) is 18.4 Å². The zero-order valence-electron chi connectivity index (χ0n) is 15.6. The van der Waals surface area contributed by atoms with Gasteiger partial charge in [0.1, 0.15) is 0 Å². The molecule has 0 aromatic carbocycles. The van der Waals surface area contributed by atoms with E-state index in [2.05, 4.69) is 10.1 Å². The number of alkyl halides is 2. The van der Waals surface area contributed by atoms with Gasteiger partial charge < -0.3 is 9.80 Å². The first-order chi connectivity index (χ1) is 13.3. The quantitative estimate of drug-likeness (QED) is 0.788. The first-order valence-corrected chi connectivity index (χ1v) is 9.29. The highest BCUT2D eigenvalue weighted by molar-refractivity contribution is 5.94. The average molecular weight is 389 g/mol. The molecular formula is C19H21F2N5O2. The lowest BCUT2D eigenvalue weighted by molar-refractivity contribution is -0.129. The van der Waals surface area contributed by atoms with Crippen molar-refractivity contribution in [1.29, 1.82) is 0 Å². The van der Waals surface area contributed by atoms with Crippen molar-refractivity contribution in [3.8, 4) is 5.82 Å². The zero-order valence-corrected chi connectivity index (χ0v) is 15.6. The van der Waals surface area contributed by atoms with E-state index in [0.29, 0.717) is 30.9 Å². The zero-order chi connectivity index (χ0) is 19.9. The molecule has 148 valence electrons. The number of piperidine rings is 1. The molecular weight excluding hydrogens is 368 g/mol. The molecule has 28 heavy (non-hydrogen) atoms. The van der Waals surface area contributed by atoms with E-state index in [1.165, 1.54) is 11.1 Å². The molecule has 0 radical (unpaired) electrons. The fourth-order valence-corrected chi connectivity index (χ4v) is 3.66. The number of halogens is 2. The van der Waals surface area contributed by atoms with E-state index in [4.69, 9.17) is 0 Å². The summed E-state index contributed by atoms with van der Waals surface area (Å²) in [7, 11) is 0. The first-order valence-electron chi connectivity index (χ1n) is 9.29. The number of carbonyl (C=O) groups is 2. The summed E-state index contributed by atoms with van der Waals surface area (Å²) in [5.74, 6) is -2.35. The molecule has 1 fully saturated rings. The number of pyridine rings is 1. The van der Waals surface area contributed by atoms with Crippen molar-refractivity contribution in [2.45, 2.75) is 38.7 Å². The molecule has 0 saturated carbocycles. The lowest BCUT2D eigenvalue weighted by Crippen LogP contribution is -2.42. The van der Waals surface area contributed by atoms with Gasteiger partial charge in [0.25, 0.3) is 11.8 Å². The van der Waals surface area contributed by atoms with E-state index in [-0.39, 0.29) is 37.7 Å². The molecule has 9 heteroatoms. The number of likely N-dealkylation sites (tertiary alicyclic amines) is 1. The number of carbonyl (C=O) groups excluding carboxylic acids is 2. The van der Waals surface area contributed by atoms with E-state index in [1.807, 2.05) is 0 Å². The number of fused-ring (bicyclic) bond motifs is 1. The summed E-state index contributed by atoms with van der Waals surface area (Å²) in [5.41, 5.74) is 2.36. The van der Waals surface area contributed by atoms with Crippen LogP contribution in [0.2, 0.25) is 0 Å². The van der Waals surface area contributed by atoms with Crippen molar-refractivity contribution >= 4 is 11.8 Å². The van der Waals surface area contributed by atoms with Crippen LogP contribution in [-0.2, 0) is 17.8 Å². The maximum absolute atomic E-state index is 13.3. The predicted molar refractivity (Wildman–Crippen MR) is 96.2 cm³/mol. The minimum Gasteiger partial charge on any atom is -0.338 e. The largest absolute Gasteiger partial charge is 0.338 e. The van der Waals surface area contributed by atoms with Gasteiger partial charge in [0.2, 0.25) is 5.91 Å². The van der Waals surface area contributed by atoms with Crippen molar-refractivity contribution in [2.24, 2.45) is 0 Å². The highest BCUT2D eigenvalue weighted by Crippen LogP contribution is 2.28. The summed E-state index contributed by atoms with van der Waals surface area (Å²) in [6.07, 6.45) is 3.27. The molecule has 4 rings (SSSR count). The van der Waals surface area contributed by atoms with Crippen molar-refractivity contribution in [3.63, 3.8) is 0 Å². The van der Waals surface area contributed by atoms with Crippen LogP contribution < -0.4 is 0 Å². The van der Waals surface area contributed by atoms with Crippen molar-refractivity contribution in [2.75, 3.05) is 19.6 Å². The molecule has 0 bridgehead atoms. The summed E-state index contributed by atoms with van der Waals surface area (Å²) in [5, 5.41) is 4.38. The molecule has 0 atom stereocenters. The standard InChI is InChI=1S/C19H21F2N5O2/c1-13(27)25-7-4-16-15(12-25)11-23-26(16)17-3-2-14(10-22-17)18(28)24-8-5-19(20,21)6-9-24/h2-3,10-11H,4-9,12H2,1H3. The van der Waals surface area contributed by atoms with Gasteiger partial charge in [-0.3, -0.25) is 9.59 Å². The van der Waals surface area contributed by atoms with E-state index < -0.39 is 5.92 Å². The fourth-order valence-electron chi connectivity index (χ4n) is 3.66. The van der Waals surface area contributed by atoms with Crippen LogP contribution in [-0.4, -0.2) is 61.9 Å². The van der Waals surface area contributed by atoms with E-state index in [0.717, 1.165) is 11.3 Å². The summed E-state index contributed by atoms with van der Waals surface area (Å²) in [4.78, 5) is 31.7. The molecule has 2 aliphatic heterocycles. The summed E-state index contributed by atoms with van der Waals surface area (Å²) in [6.45, 7) is 2.81. The Morgan fingerprint density at radius 3 is 2.46 bits per heavy atom. The van der Waals surface area contributed by atoms with Gasteiger partial charge in [-0.15, -0.1) is 0 Å². The number of hydrogen-bond acceptors (Lipinski definition) is 4. The van der Waals surface area contributed by atoms with E-state index >= 15 is 0 Å². The van der Waals surface area contributed by atoms with Gasteiger partial charge in [-0.1, -0.05) is 0 Å². The Hall–Kier alpha value is -2.84. The first kappa shape index (κ1) is 18.5. The highest BCUT2D eigenvalue weighted by Gasteiger charge is 2.35. The van der Waals surface area contributed by atoms with Crippen molar-refractivity contribution in [3.05, 3.63) is 41.3 Å². The molecule has 0 aliphatic carbocycles. The highest BCUT2D eigenvalue weighted by atomic mass is 19.3. The van der Waals surface area contributed by atoms with Gasteiger partial charge >= 0.3 is 0 Å². The molecule has 2 aromatic heterocycles. The minimum atomic E-state index is -2.68. The maximum atomic E-state index is 13.3. The maximum Gasteiger partial charge on any atom is 0.255 e. The third-order valence-electron chi connectivity index (χ3n) is 5.37. The number of aromatic nitrogens is 3. The Labute approximate surface area is 160 Å². The Balaban J connectivity index is 1.49. The fraction of sp³-hybridized carbons (Fsp3) is 0.474. The van der Waals surface area contributed by atoms with Crippen LogP contribution in [0.1, 0.15) is 41.4 Å². The Morgan fingerprint density at radius 1 is 1.07 bits per heavy atom. The van der Waals surface area contributed by atoms with Crippen LogP contribution in [0.4, 0.5) is 8.78 Å². The summed E-state index contributed by atoms with van der Waals surface area (Å²) in [6, 6.07) is 3.35. The van der Waals surface area contributed by atoms with Crippen LogP contribution in [0.3, 0.4) is 0 Å². The smallest absolute Gasteiger partial charge is 0.255 e. The Morgan fingerprint density at radius 2 is 1.82 bits per heavy atom. The van der Waals surface area contributed by atoms with Gasteiger partial charge in [0.15, 0.2) is 5.82 Å². The second kappa shape index (κ2) is 6.96. The van der Waals surface area contributed by atoms with Gasteiger partial charge in [0, 0.05) is 64.1 Å². The monoisotopic (exact) mass is 389 g/mol. The van der Waals surface area contributed by atoms with E-state index in [1.54, 1.807) is 34.8 Å². The molecule has 2 aliphatic rings. The van der Waals surface area contributed by atoms with Crippen LogP contribution in [0.5, 0.6) is 0 Å². The molecule has 0 spiro atoms. The van der Waals surface area contributed by atoms with E-state index in [9.17, 15) is 18.4 Å².